The van der Waals surface area contributed by atoms with Crippen molar-refractivity contribution in [3.05, 3.63) is 25.3 Å². The van der Waals surface area contributed by atoms with Crippen LogP contribution in [0.2, 0.25) is 0 Å². The zero-order chi connectivity index (χ0) is 19.7. The molecule has 0 aliphatic heterocycles. The second-order valence-electron chi connectivity index (χ2n) is 4.00. The van der Waals surface area contributed by atoms with E-state index in [1.807, 2.05) is 0 Å². The summed E-state index contributed by atoms with van der Waals surface area (Å²) in [6.07, 6.45) is 1.35. The van der Waals surface area contributed by atoms with Gasteiger partial charge in [-0.05, 0) is 0 Å². The first-order valence-corrected chi connectivity index (χ1v) is 6.90. The monoisotopic (exact) mass is 360 g/mol. The molecule has 0 unspecified atom stereocenters. The molecule has 0 rings (SSSR count). The SMILES string of the molecule is C=CC(=O)OCCC(=O)O.C=CC(=O)OCCOC(=O)CCC(=O)O. The zero-order valence-corrected chi connectivity index (χ0v) is 13.5. The van der Waals surface area contributed by atoms with E-state index in [1.54, 1.807) is 0 Å². The molecular weight excluding hydrogens is 340 g/mol. The van der Waals surface area contributed by atoms with Gasteiger partial charge < -0.3 is 24.4 Å². The van der Waals surface area contributed by atoms with Crippen LogP contribution in [0.15, 0.2) is 25.3 Å². The highest BCUT2D eigenvalue weighted by Crippen LogP contribution is 1.93. The molecule has 0 aliphatic rings. The smallest absolute Gasteiger partial charge is 0.330 e. The molecule has 0 saturated heterocycles. The number of ether oxygens (including phenoxy) is 3. The third-order valence-electron chi connectivity index (χ3n) is 2.03. The summed E-state index contributed by atoms with van der Waals surface area (Å²) in [5, 5.41) is 16.3. The third-order valence-corrected chi connectivity index (χ3v) is 2.03. The Morgan fingerprint density at radius 1 is 0.680 bits per heavy atom. The van der Waals surface area contributed by atoms with Crippen LogP contribution in [0.25, 0.3) is 0 Å². The molecule has 0 bridgehead atoms. The maximum atomic E-state index is 10.8. The van der Waals surface area contributed by atoms with Crippen LogP contribution in [0.3, 0.4) is 0 Å². The molecule has 140 valence electrons. The van der Waals surface area contributed by atoms with Crippen molar-refractivity contribution in [2.45, 2.75) is 19.3 Å². The molecule has 0 aromatic heterocycles. The first kappa shape index (κ1) is 24.1. The van der Waals surface area contributed by atoms with Crippen molar-refractivity contribution < 1.29 is 48.4 Å². The van der Waals surface area contributed by atoms with E-state index in [-0.39, 0.29) is 39.1 Å². The van der Waals surface area contributed by atoms with Crippen LogP contribution < -0.4 is 0 Å². The van der Waals surface area contributed by atoms with Crippen molar-refractivity contribution in [3.63, 3.8) is 0 Å². The predicted octanol–water partition coefficient (Wildman–Crippen LogP) is 0.314. The van der Waals surface area contributed by atoms with Crippen molar-refractivity contribution in [1.29, 1.82) is 0 Å². The van der Waals surface area contributed by atoms with Gasteiger partial charge >= 0.3 is 29.8 Å². The summed E-state index contributed by atoms with van der Waals surface area (Å²) in [6.45, 7) is 6.06. The third kappa shape index (κ3) is 20.8. The number of carboxylic acids is 2. The van der Waals surface area contributed by atoms with E-state index in [0.717, 1.165) is 12.2 Å². The second kappa shape index (κ2) is 15.7. The Labute approximate surface area is 143 Å². The Hall–Kier alpha value is -3.17. The van der Waals surface area contributed by atoms with E-state index < -0.39 is 29.8 Å². The summed E-state index contributed by atoms with van der Waals surface area (Å²) in [7, 11) is 0. The molecule has 0 fully saturated rings. The van der Waals surface area contributed by atoms with Gasteiger partial charge in [0.25, 0.3) is 0 Å². The summed E-state index contributed by atoms with van der Waals surface area (Å²) >= 11 is 0. The van der Waals surface area contributed by atoms with Gasteiger partial charge in [0.15, 0.2) is 0 Å². The minimum absolute atomic E-state index is 0.0658. The first-order valence-electron chi connectivity index (χ1n) is 6.90. The molecule has 0 aromatic rings. The van der Waals surface area contributed by atoms with Crippen molar-refractivity contribution in [2.24, 2.45) is 0 Å². The van der Waals surface area contributed by atoms with Gasteiger partial charge in [0.05, 0.1) is 19.3 Å². The lowest BCUT2D eigenvalue weighted by molar-refractivity contribution is -0.151. The van der Waals surface area contributed by atoms with Gasteiger partial charge in [-0.25, -0.2) is 9.59 Å². The summed E-state index contributed by atoms with van der Waals surface area (Å²) in [6, 6.07) is 0. The molecule has 0 radical (unpaired) electrons. The number of rotatable bonds is 11. The molecule has 0 saturated carbocycles. The van der Waals surface area contributed by atoms with Crippen molar-refractivity contribution >= 4 is 29.8 Å². The van der Waals surface area contributed by atoms with Crippen LogP contribution >= 0.6 is 0 Å². The molecule has 0 spiro atoms. The van der Waals surface area contributed by atoms with E-state index >= 15 is 0 Å². The summed E-state index contributed by atoms with van der Waals surface area (Å²) < 4.78 is 13.5. The van der Waals surface area contributed by atoms with Crippen LogP contribution in [-0.2, 0) is 38.2 Å². The average molecular weight is 360 g/mol. The Kier molecular flexibility index (Phi) is 15.1. The number of esters is 3. The highest BCUT2D eigenvalue weighted by Gasteiger charge is 2.06. The topological polar surface area (TPSA) is 154 Å². The highest BCUT2D eigenvalue weighted by molar-refractivity contribution is 5.81. The molecule has 2 N–H and O–H groups in total. The number of hydrogen-bond acceptors (Lipinski definition) is 8. The molecule has 0 amide bonds. The lowest BCUT2D eigenvalue weighted by Gasteiger charge is -2.03. The van der Waals surface area contributed by atoms with Gasteiger partial charge in [-0.1, -0.05) is 13.2 Å². The maximum absolute atomic E-state index is 10.8. The largest absolute Gasteiger partial charge is 0.481 e. The Morgan fingerprint density at radius 2 is 1.12 bits per heavy atom. The fourth-order valence-corrected chi connectivity index (χ4v) is 0.936. The van der Waals surface area contributed by atoms with E-state index in [1.165, 1.54) is 0 Å². The maximum Gasteiger partial charge on any atom is 0.330 e. The van der Waals surface area contributed by atoms with E-state index in [0.29, 0.717) is 0 Å². The van der Waals surface area contributed by atoms with Gasteiger partial charge in [-0.2, -0.15) is 0 Å². The fraction of sp³-hybridized carbons (Fsp3) is 0.400. The summed E-state index contributed by atoms with van der Waals surface area (Å²) in [5.41, 5.74) is 0. The number of carbonyl (C=O) groups excluding carboxylic acids is 3. The standard InChI is InChI=1S/C9H12O6.C6H8O4/c1-2-8(12)14-5-6-15-9(13)4-3-7(10)11;1-2-6(9)10-4-3-5(7)8/h2H,1,3-6H2,(H,10,11);2H,1,3-4H2,(H,7,8). The fourth-order valence-electron chi connectivity index (χ4n) is 0.936. The molecule has 0 heterocycles. The van der Waals surface area contributed by atoms with Crippen LogP contribution in [0.1, 0.15) is 19.3 Å². The number of hydrogen-bond donors (Lipinski definition) is 2. The minimum atomic E-state index is -1.06. The van der Waals surface area contributed by atoms with Crippen molar-refractivity contribution in [2.75, 3.05) is 19.8 Å². The average Bonchev–Trinajstić information content (AvgIpc) is 2.56. The number of carbonyl (C=O) groups is 5. The van der Waals surface area contributed by atoms with Crippen LogP contribution in [0.5, 0.6) is 0 Å². The van der Waals surface area contributed by atoms with Gasteiger partial charge in [-0.15, -0.1) is 0 Å². The van der Waals surface area contributed by atoms with E-state index in [2.05, 4.69) is 27.4 Å². The molecule has 10 nitrogen and oxygen atoms in total. The Bertz CT molecular complexity index is 495. The minimum Gasteiger partial charge on any atom is -0.481 e. The van der Waals surface area contributed by atoms with Crippen molar-refractivity contribution in [1.82, 2.24) is 0 Å². The molecule has 0 aliphatic carbocycles. The molecule has 0 atom stereocenters. The van der Waals surface area contributed by atoms with E-state index in [4.69, 9.17) is 10.2 Å². The quantitative estimate of drug-likeness (QED) is 0.228. The number of aliphatic carboxylic acids is 2. The molecule has 25 heavy (non-hydrogen) atoms. The highest BCUT2D eigenvalue weighted by atomic mass is 16.6. The van der Waals surface area contributed by atoms with Crippen molar-refractivity contribution in [3.8, 4) is 0 Å². The normalized spacial score (nSPS) is 8.80. The van der Waals surface area contributed by atoms with Gasteiger partial charge in [-0.3, -0.25) is 14.4 Å². The second-order valence-corrected chi connectivity index (χ2v) is 4.00. The summed E-state index contributed by atoms with van der Waals surface area (Å²) in [4.78, 5) is 51.5. The Balaban J connectivity index is 0. The Morgan fingerprint density at radius 3 is 1.56 bits per heavy atom. The van der Waals surface area contributed by atoms with Crippen LogP contribution in [0, 0.1) is 0 Å². The van der Waals surface area contributed by atoms with Gasteiger partial charge in [0.2, 0.25) is 0 Å². The number of carboxylic acid groups (broad SMARTS) is 2. The van der Waals surface area contributed by atoms with Gasteiger partial charge in [0, 0.05) is 12.2 Å². The molecule has 0 aromatic carbocycles. The zero-order valence-electron chi connectivity index (χ0n) is 13.5. The predicted molar refractivity (Wildman–Crippen MR) is 82.4 cm³/mol. The summed E-state index contributed by atoms with van der Waals surface area (Å²) in [5.74, 6) is -3.88. The van der Waals surface area contributed by atoms with Gasteiger partial charge in [0.1, 0.15) is 19.8 Å². The molecular formula is C15H20O10. The lowest BCUT2D eigenvalue weighted by Crippen LogP contribution is -2.13. The van der Waals surface area contributed by atoms with E-state index in [9.17, 15) is 24.0 Å². The first-order chi connectivity index (χ1) is 11.7. The molecule has 10 heteroatoms. The van der Waals surface area contributed by atoms with Crippen LogP contribution in [0.4, 0.5) is 0 Å². The lowest BCUT2D eigenvalue weighted by atomic mass is 10.3. The van der Waals surface area contributed by atoms with Crippen LogP contribution in [-0.4, -0.2) is 59.9 Å².